The largest absolute Gasteiger partial charge is 0.448 e. The molecule has 1 amide bonds. The van der Waals surface area contributed by atoms with Gasteiger partial charge in [0.25, 0.3) is 0 Å². The van der Waals surface area contributed by atoms with Gasteiger partial charge < -0.3 is 16.2 Å². The molecule has 0 fully saturated rings. The van der Waals surface area contributed by atoms with Gasteiger partial charge in [0.15, 0.2) is 11.6 Å². The van der Waals surface area contributed by atoms with E-state index in [9.17, 15) is 14.0 Å². The van der Waals surface area contributed by atoms with Crippen LogP contribution in [-0.4, -0.2) is 44.6 Å². The molecule has 0 radical (unpaired) electrons. The van der Waals surface area contributed by atoms with E-state index in [-0.39, 0.29) is 47.8 Å². The molecule has 166 valence electrons. The summed E-state index contributed by atoms with van der Waals surface area (Å²) in [5, 5.41) is 6.81. The SMILES string of the molecule is NC(=CC=O)c1cc(-c2ncc(NC(=O)OCCCl)c(N)n2)nn1Cc1ccccc1F. The van der Waals surface area contributed by atoms with Crippen LogP contribution in [0, 0.1) is 5.82 Å². The van der Waals surface area contributed by atoms with Crippen LogP contribution in [0.25, 0.3) is 17.2 Å². The normalized spacial score (nSPS) is 11.2. The molecular weight excluding hydrogens is 441 g/mol. The molecule has 1 aromatic carbocycles. The average molecular weight is 460 g/mol. The fourth-order valence-electron chi connectivity index (χ4n) is 2.72. The van der Waals surface area contributed by atoms with Crippen LogP contribution in [-0.2, 0) is 16.1 Å². The molecule has 0 spiro atoms. The highest BCUT2D eigenvalue weighted by Crippen LogP contribution is 2.23. The second-order valence-corrected chi connectivity index (χ2v) is 6.74. The molecule has 0 saturated heterocycles. The van der Waals surface area contributed by atoms with Gasteiger partial charge in [0, 0.05) is 11.6 Å². The summed E-state index contributed by atoms with van der Waals surface area (Å²) in [6, 6.07) is 7.76. The molecule has 0 aliphatic carbocycles. The monoisotopic (exact) mass is 459 g/mol. The van der Waals surface area contributed by atoms with Crippen LogP contribution >= 0.6 is 11.6 Å². The third-order valence-corrected chi connectivity index (χ3v) is 4.35. The maximum absolute atomic E-state index is 14.1. The molecule has 12 heteroatoms. The molecule has 0 aliphatic rings. The summed E-state index contributed by atoms with van der Waals surface area (Å²) in [5.74, 6) is -0.155. The maximum atomic E-state index is 14.1. The zero-order chi connectivity index (χ0) is 23.1. The fourth-order valence-corrected chi connectivity index (χ4v) is 2.79. The van der Waals surface area contributed by atoms with Gasteiger partial charge in [-0.1, -0.05) is 18.2 Å². The summed E-state index contributed by atoms with van der Waals surface area (Å²) >= 11 is 5.47. The van der Waals surface area contributed by atoms with E-state index in [1.807, 2.05) is 0 Å². The topological polar surface area (TPSA) is 151 Å². The number of anilines is 2. The molecule has 32 heavy (non-hydrogen) atoms. The number of hydrogen-bond acceptors (Lipinski definition) is 8. The first kappa shape index (κ1) is 22.7. The van der Waals surface area contributed by atoms with Crippen molar-refractivity contribution >= 4 is 41.2 Å². The lowest BCUT2D eigenvalue weighted by molar-refractivity contribution is -0.104. The van der Waals surface area contributed by atoms with Crippen LogP contribution in [0.4, 0.5) is 20.7 Å². The van der Waals surface area contributed by atoms with Gasteiger partial charge in [-0.15, -0.1) is 11.6 Å². The fraction of sp³-hybridized carbons (Fsp3) is 0.150. The quantitative estimate of drug-likeness (QED) is 0.264. The summed E-state index contributed by atoms with van der Waals surface area (Å²) in [4.78, 5) is 30.9. The molecule has 0 unspecified atom stereocenters. The maximum Gasteiger partial charge on any atom is 0.411 e. The van der Waals surface area contributed by atoms with Gasteiger partial charge in [-0.3, -0.25) is 14.8 Å². The molecule has 0 saturated carbocycles. The molecule has 5 N–H and O–H groups in total. The van der Waals surface area contributed by atoms with Crippen molar-refractivity contribution < 1.29 is 18.7 Å². The smallest absolute Gasteiger partial charge is 0.411 e. The number of rotatable bonds is 8. The van der Waals surface area contributed by atoms with Crippen molar-refractivity contribution in [3.63, 3.8) is 0 Å². The van der Waals surface area contributed by atoms with E-state index in [0.29, 0.717) is 17.5 Å². The Hall–Kier alpha value is -3.99. The van der Waals surface area contributed by atoms with E-state index in [4.69, 9.17) is 27.8 Å². The minimum atomic E-state index is -0.753. The van der Waals surface area contributed by atoms with Gasteiger partial charge in [0.1, 0.15) is 30.1 Å². The van der Waals surface area contributed by atoms with Crippen molar-refractivity contribution in [3.05, 3.63) is 59.7 Å². The number of halogens is 2. The number of nitrogen functional groups attached to an aromatic ring is 1. The lowest BCUT2D eigenvalue weighted by atomic mass is 10.2. The standard InChI is InChI=1S/C20H19ClFN7O3/c21-6-8-32-20(31)26-16-10-25-19(27-18(16)24)15-9-17(14(23)5-7-30)29(28-15)11-12-3-1-2-4-13(12)22/h1-5,7,9-10H,6,8,11,23H2,(H,26,31)(H2,24,25,27). The highest BCUT2D eigenvalue weighted by Gasteiger charge is 2.17. The number of nitrogens with zero attached hydrogens (tertiary/aromatic N) is 4. The molecule has 0 bridgehead atoms. The van der Waals surface area contributed by atoms with Crippen LogP contribution in [0.3, 0.4) is 0 Å². The lowest BCUT2D eigenvalue weighted by Crippen LogP contribution is -2.16. The first-order valence-electron chi connectivity index (χ1n) is 9.28. The third kappa shape index (κ3) is 5.38. The van der Waals surface area contributed by atoms with E-state index >= 15 is 0 Å². The van der Waals surface area contributed by atoms with Crippen LogP contribution in [0.15, 0.2) is 42.6 Å². The summed E-state index contributed by atoms with van der Waals surface area (Å²) in [6.07, 6.45) is 2.23. The predicted molar refractivity (Wildman–Crippen MR) is 117 cm³/mol. The summed E-state index contributed by atoms with van der Waals surface area (Å²) in [6.45, 7) is 0.0844. The van der Waals surface area contributed by atoms with Crippen molar-refractivity contribution in [2.24, 2.45) is 5.73 Å². The van der Waals surface area contributed by atoms with Crippen LogP contribution < -0.4 is 16.8 Å². The van der Waals surface area contributed by atoms with Crippen molar-refractivity contribution in [2.75, 3.05) is 23.5 Å². The number of alkyl halides is 1. The Morgan fingerprint density at radius 2 is 2.12 bits per heavy atom. The molecular formula is C20H19ClFN7O3. The number of hydrogen-bond donors (Lipinski definition) is 3. The predicted octanol–water partition coefficient (Wildman–Crippen LogP) is 2.40. The zero-order valence-corrected chi connectivity index (χ0v) is 17.4. The Bertz CT molecular complexity index is 1170. The van der Waals surface area contributed by atoms with E-state index < -0.39 is 11.9 Å². The Labute approximate surface area is 187 Å². The molecule has 10 nitrogen and oxygen atoms in total. The Balaban J connectivity index is 1.93. The molecule has 2 aromatic heterocycles. The first-order chi connectivity index (χ1) is 15.4. The van der Waals surface area contributed by atoms with Gasteiger partial charge in [-0.25, -0.2) is 19.2 Å². The van der Waals surface area contributed by atoms with Gasteiger partial charge in [0.05, 0.1) is 30.0 Å². The number of aldehydes is 1. The van der Waals surface area contributed by atoms with Gasteiger partial charge in [0.2, 0.25) is 0 Å². The number of benzene rings is 1. The second kappa shape index (κ2) is 10.4. The minimum Gasteiger partial charge on any atom is -0.448 e. The van der Waals surface area contributed by atoms with Gasteiger partial charge in [-0.05, 0) is 12.1 Å². The summed E-state index contributed by atoms with van der Waals surface area (Å²) in [7, 11) is 0. The zero-order valence-electron chi connectivity index (χ0n) is 16.7. The Kier molecular flexibility index (Phi) is 7.34. The molecule has 2 heterocycles. The lowest BCUT2D eigenvalue weighted by Gasteiger charge is -2.08. The van der Waals surface area contributed by atoms with Crippen LogP contribution in [0.2, 0.25) is 0 Å². The number of aromatic nitrogens is 4. The summed E-state index contributed by atoms with van der Waals surface area (Å²) < 4.78 is 20.4. The minimum absolute atomic E-state index is 0.0283. The second-order valence-electron chi connectivity index (χ2n) is 6.36. The van der Waals surface area contributed by atoms with Crippen molar-refractivity contribution in [1.82, 2.24) is 19.7 Å². The average Bonchev–Trinajstić information content (AvgIpc) is 3.19. The van der Waals surface area contributed by atoms with Gasteiger partial charge >= 0.3 is 6.09 Å². The highest BCUT2D eigenvalue weighted by molar-refractivity contribution is 6.18. The van der Waals surface area contributed by atoms with Crippen LogP contribution in [0.5, 0.6) is 0 Å². The van der Waals surface area contributed by atoms with E-state index in [2.05, 4.69) is 20.4 Å². The number of allylic oxidation sites excluding steroid dienone is 1. The third-order valence-electron chi connectivity index (χ3n) is 4.20. The number of nitrogens with one attached hydrogen (secondary N) is 1. The van der Waals surface area contributed by atoms with E-state index in [1.165, 1.54) is 16.9 Å². The van der Waals surface area contributed by atoms with Crippen molar-refractivity contribution in [1.29, 1.82) is 0 Å². The molecule has 3 aromatic rings. The first-order valence-corrected chi connectivity index (χ1v) is 9.81. The molecule has 3 rings (SSSR count). The number of ether oxygens (including phenoxy) is 1. The van der Waals surface area contributed by atoms with Crippen molar-refractivity contribution in [2.45, 2.75) is 6.54 Å². The van der Waals surface area contributed by atoms with Crippen LogP contribution in [0.1, 0.15) is 11.3 Å². The van der Waals surface area contributed by atoms with Gasteiger partial charge in [-0.2, -0.15) is 5.10 Å². The number of amides is 1. The van der Waals surface area contributed by atoms with E-state index in [1.54, 1.807) is 24.3 Å². The highest BCUT2D eigenvalue weighted by atomic mass is 35.5. The van der Waals surface area contributed by atoms with E-state index in [0.717, 1.165) is 6.08 Å². The number of carbonyl (C=O) groups excluding carboxylic acids is 2. The number of nitrogens with two attached hydrogens (primary N) is 2. The Morgan fingerprint density at radius 3 is 2.81 bits per heavy atom. The number of carbonyl (C=O) groups is 2. The molecule has 0 aliphatic heterocycles. The Morgan fingerprint density at radius 1 is 1.34 bits per heavy atom. The molecule has 0 atom stereocenters. The van der Waals surface area contributed by atoms with Crippen molar-refractivity contribution in [3.8, 4) is 11.5 Å². The summed E-state index contributed by atoms with van der Waals surface area (Å²) in [5.41, 5.74) is 13.2.